The van der Waals surface area contributed by atoms with Gasteiger partial charge in [-0.25, -0.2) is 8.42 Å². The summed E-state index contributed by atoms with van der Waals surface area (Å²) in [6.45, 7) is 1.42. The summed E-state index contributed by atoms with van der Waals surface area (Å²) >= 11 is 5.88. The molecule has 0 amide bonds. The molecule has 1 unspecified atom stereocenters. The van der Waals surface area contributed by atoms with Gasteiger partial charge in [0.25, 0.3) is 0 Å². The van der Waals surface area contributed by atoms with Gasteiger partial charge in [-0.05, 0) is 25.1 Å². The van der Waals surface area contributed by atoms with E-state index in [-0.39, 0.29) is 21.5 Å². The molecule has 2 rings (SSSR count). The van der Waals surface area contributed by atoms with E-state index in [0.29, 0.717) is 6.54 Å². The van der Waals surface area contributed by atoms with Gasteiger partial charge < -0.3 is 5.32 Å². The Kier molecular flexibility index (Phi) is 4.11. The van der Waals surface area contributed by atoms with Crippen LogP contribution in [-0.2, 0) is 10.0 Å². The van der Waals surface area contributed by atoms with Crippen LogP contribution < -0.4 is 5.32 Å². The van der Waals surface area contributed by atoms with Gasteiger partial charge in [0.15, 0.2) is 0 Å². The van der Waals surface area contributed by atoms with Crippen molar-refractivity contribution in [2.24, 2.45) is 0 Å². The van der Waals surface area contributed by atoms with Gasteiger partial charge in [0.05, 0.1) is 10.6 Å². The van der Waals surface area contributed by atoms with Crippen molar-refractivity contribution in [2.45, 2.75) is 17.4 Å². The van der Waals surface area contributed by atoms with E-state index in [1.54, 1.807) is 0 Å². The molecule has 1 fully saturated rings. The van der Waals surface area contributed by atoms with Crippen LogP contribution >= 0.6 is 11.6 Å². The molecule has 1 heterocycles. The van der Waals surface area contributed by atoms with Crippen LogP contribution in [0.4, 0.5) is 0 Å². The lowest BCUT2D eigenvalue weighted by Crippen LogP contribution is -2.38. The third kappa shape index (κ3) is 2.60. The van der Waals surface area contributed by atoms with Gasteiger partial charge in [0.1, 0.15) is 11.0 Å². The molecular weight excluding hydrogens is 286 g/mol. The van der Waals surface area contributed by atoms with Crippen molar-refractivity contribution in [3.63, 3.8) is 0 Å². The van der Waals surface area contributed by atoms with Gasteiger partial charge in [-0.15, -0.1) is 0 Å². The summed E-state index contributed by atoms with van der Waals surface area (Å²) in [5.74, 6) is 0. The van der Waals surface area contributed by atoms with Gasteiger partial charge in [0.2, 0.25) is 10.0 Å². The smallest absolute Gasteiger partial charge is 0.244 e. The molecule has 0 bridgehead atoms. The maximum Gasteiger partial charge on any atom is 0.244 e. The van der Waals surface area contributed by atoms with Crippen molar-refractivity contribution in [1.29, 1.82) is 5.26 Å². The standard InChI is InChI=1S/C12H14ClN3O2S/c1-16(9-5-6-15-8-9)19(17,18)12-4-2-3-11(13)10(12)7-14/h2-4,9,15H,5-6,8H2,1H3. The van der Waals surface area contributed by atoms with Gasteiger partial charge in [-0.2, -0.15) is 9.57 Å². The highest BCUT2D eigenvalue weighted by Gasteiger charge is 2.32. The molecule has 5 nitrogen and oxygen atoms in total. The molecule has 19 heavy (non-hydrogen) atoms. The molecule has 102 valence electrons. The first-order chi connectivity index (χ1) is 8.98. The molecule has 0 spiro atoms. The van der Waals surface area contributed by atoms with E-state index in [0.717, 1.165) is 13.0 Å². The van der Waals surface area contributed by atoms with Crippen LogP contribution in [0.15, 0.2) is 23.1 Å². The summed E-state index contributed by atoms with van der Waals surface area (Å²) in [6, 6.07) is 6.24. The average Bonchev–Trinajstić information content (AvgIpc) is 2.91. The number of hydrogen-bond acceptors (Lipinski definition) is 4. The van der Waals surface area contributed by atoms with Crippen molar-refractivity contribution >= 4 is 21.6 Å². The van der Waals surface area contributed by atoms with Crippen LogP contribution in [0.25, 0.3) is 0 Å². The Morgan fingerprint density at radius 1 is 1.53 bits per heavy atom. The van der Waals surface area contributed by atoms with E-state index in [1.165, 1.54) is 29.6 Å². The quantitative estimate of drug-likeness (QED) is 0.910. The molecule has 7 heteroatoms. The Balaban J connectivity index is 2.45. The van der Waals surface area contributed by atoms with Crippen molar-refractivity contribution in [1.82, 2.24) is 9.62 Å². The average molecular weight is 300 g/mol. The van der Waals surface area contributed by atoms with Crippen LogP contribution in [0.3, 0.4) is 0 Å². The van der Waals surface area contributed by atoms with Gasteiger partial charge in [-0.1, -0.05) is 17.7 Å². The second-order valence-electron chi connectivity index (χ2n) is 4.39. The first kappa shape index (κ1) is 14.3. The zero-order valence-corrected chi connectivity index (χ0v) is 12.0. The number of nitriles is 1. The molecule has 0 aliphatic carbocycles. The Morgan fingerprint density at radius 2 is 2.26 bits per heavy atom. The molecular formula is C12H14ClN3O2S. The number of sulfonamides is 1. The van der Waals surface area contributed by atoms with E-state index in [4.69, 9.17) is 16.9 Å². The third-order valence-corrected chi connectivity index (χ3v) is 5.56. The Hall–Kier alpha value is -1.13. The largest absolute Gasteiger partial charge is 0.315 e. The van der Waals surface area contributed by atoms with Crippen molar-refractivity contribution in [2.75, 3.05) is 20.1 Å². The van der Waals surface area contributed by atoms with Crippen molar-refractivity contribution in [3.05, 3.63) is 28.8 Å². The summed E-state index contributed by atoms with van der Waals surface area (Å²) in [7, 11) is -2.16. The number of hydrogen-bond donors (Lipinski definition) is 1. The highest BCUT2D eigenvalue weighted by Crippen LogP contribution is 2.26. The summed E-state index contributed by atoms with van der Waals surface area (Å²) in [4.78, 5) is -0.0306. The van der Waals surface area contributed by atoms with Gasteiger partial charge in [0, 0.05) is 19.6 Å². The van der Waals surface area contributed by atoms with Crippen LogP contribution in [0.1, 0.15) is 12.0 Å². The molecule has 1 N–H and O–H groups in total. The number of nitrogens with one attached hydrogen (secondary N) is 1. The zero-order chi connectivity index (χ0) is 14.0. The lowest BCUT2D eigenvalue weighted by atomic mass is 10.2. The van der Waals surface area contributed by atoms with Crippen LogP contribution in [0, 0.1) is 11.3 Å². The SMILES string of the molecule is CN(C1CCNC1)S(=O)(=O)c1cccc(Cl)c1C#N. The monoisotopic (exact) mass is 299 g/mol. The fraction of sp³-hybridized carbons (Fsp3) is 0.417. The lowest BCUT2D eigenvalue weighted by molar-refractivity contribution is 0.387. The minimum Gasteiger partial charge on any atom is -0.315 e. The molecule has 1 aromatic rings. The predicted octanol–water partition coefficient (Wildman–Crippen LogP) is 1.19. The molecule has 1 atom stereocenters. The second kappa shape index (κ2) is 5.47. The normalized spacial score (nSPS) is 19.6. The molecule has 1 saturated heterocycles. The lowest BCUT2D eigenvalue weighted by Gasteiger charge is -2.23. The van der Waals surface area contributed by atoms with E-state index in [2.05, 4.69) is 5.32 Å². The number of rotatable bonds is 3. The predicted molar refractivity (Wildman–Crippen MR) is 72.4 cm³/mol. The molecule has 1 aliphatic rings. The summed E-state index contributed by atoms with van der Waals surface area (Å²) < 4.78 is 26.4. The third-order valence-electron chi connectivity index (χ3n) is 3.29. The minimum atomic E-state index is -3.70. The second-order valence-corrected chi connectivity index (χ2v) is 6.77. The van der Waals surface area contributed by atoms with Crippen LogP contribution in [-0.4, -0.2) is 38.9 Å². The minimum absolute atomic E-state index is 0.00183. The molecule has 1 aliphatic heterocycles. The molecule has 0 aromatic heterocycles. The van der Waals surface area contributed by atoms with Crippen LogP contribution in [0.2, 0.25) is 5.02 Å². The first-order valence-corrected chi connectivity index (χ1v) is 7.67. The van der Waals surface area contributed by atoms with Crippen molar-refractivity contribution < 1.29 is 8.42 Å². The van der Waals surface area contributed by atoms with Gasteiger partial charge in [-0.3, -0.25) is 0 Å². The molecule has 0 saturated carbocycles. The Morgan fingerprint density at radius 3 is 2.84 bits per heavy atom. The fourth-order valence-corrected chi connectivity index (χ4v) is 3.95. The molecule has 0 radical (unpaired) electrons. The summed E-state index contributed by atoms with van der Waals surface area (Å²) in [6.07, 6.45) is 0.762. The van der Waals surface area contributed by atoms with E-state index in [1.807, 2.05) is 6.07 Å². The maximum absolute atomic E-state index is 12.5. The number of likely N-dealkylation sites (N-methyl/N-ethyl adjacent to an activating group) is 1. The highest BCUT2D eigenvalue weighted by molar-refractivity contribution is 7.89. The topological polar surface area (TPSA) is 73.2 Å². The van der Waals surface area contributed by atoms with Gasteiger partial charge >= 0.3 is 0 Å². The first-order valence-electron chi connectivity index (χ1n) is 5.86. The van der Waals surface area contributed by atoms with E-state index in [9.17, 15) is 8.42 Å². The zero-order valence-electron chi connectivity index (χ0n) is 10.4. The summed E-state index contributed by atoms with van der Waals surface area (Å²) in [5, 5.41) is 12.4. The Labute approximate surface area is 117 Å². The number of nitrogens with zero attached hydrogens (tertiary/aromatic N) is 2. The fourth-order valence-electron chi connectivity index (χ4n) is 2.13. The van der Waals surface area contributed by atoms with E-state index < -0.39 is 10.0 Å². The van der Waals surface area contributed by atoms with Crippen LogP contribution in [0.5, 0.6) is 0 Å². The maximum atomic E-state index is 12.5. The number of halogens is 1. The van der Waals surface area contributed by atoms with Crippen molar-refractivity contribution in [3.8, 4) is 6.07 Å². The van der Waals surface area contributed by atoms with E-state index >= 15 is 0 Å². The number of benzene rings is 1. The molecule has 1 aromatic carbocycles. The summed E-state index contributed by atoms with van der Waals surface area (Å²) in [5.41, 5.74) is 0.00183. The highest BCUT2D eigenvalue weighted by atomic mass is 35.5. The Bertz CT molecular complexity index is 618.